The Morgan fingerprint density at radius 1 is 1.29 bits per heavy atom. The average Bonchev–Trinajstić information content (AvgIpc) is 2.23. The number of pyridine rings is 1. The first-order chi connectivity index (χ1) is 6.79. The maximum absolute atomic E-state index is 11.3. The molecule has 2 heterocycles. The molecule has 0 unspecified atom stereocenters. The Labute approximate surface area is 88.2 Å². The molecule has 2 aromatic rings. The van der Waals surface area contributed by atoms with Gasteiger partial charge in [-0.2, -0.15) is 0 Å². The van der Waals surface area contributed by atoms with Gasteiger partial charge in [0.05, 0.1) is 12.0 Å². The molecule has 4 nitrogen and oxygen atoms in total. The molecule has 0 amide bonds. The van der Waals surface area contributed by atoms with E-state index in [2.05, 4.69) is 30.9 Å². The molecule has 0 spiro atoms. The van der Waals surface area contributed by atoms with Crippen molar-refractivity contribution in [3.05, 3.63) is 45.7 Å². The molecule has 0 fully saturated rings. The number of halogens is 1. The standard InChI is InChI=1S/C9H6BrN3O/c10-7-8(12-5-13-9(7)14)6-1-3-11-4-2-6/h1-5H,(H,12,13,14). The van der Waals surface area contributed by atoms with Crippen molar-refractivity contribution in [3.63, 3.8) is 0 Å². The molecule has 2 rings (SSSR count). The summed E-state index contributed by atoms with van der Waals surface area (Å²) in [6.45, 7) is 0. The van der Waals surface area contributed by atoms with Crippen molar-refractivity contribution >= 4 is 15.9 Å². The molecule has 0 aliphatic heterocycles. The number of H-pyrrole nitrogens is 1. The molecule has 0 aliphatic rings. The van der Waals surface area contributed by atoms with E-state index in [0.717, 1.165) is 5.56 Å². The van der Waals surface area contributed by atoms with Crippen LogP contribution >= 0.6 is 15.9 Å². The van der Waals surface area contributed by atoms with E-state index in [0.29, 0.717) is 10.2 Å². The Balaban J connectivity index is 2.64. The Hall–Kier alpha value is -1.49. The van der Waals surface area contributed by atoms with Crippen molar-refractivity contribution in [2.45, 2.75) is 0 Å². The van der Waals surface area contributed by atoms with E-state index in [1.54, 1.807) is 24.5 Å². The highest BCUT2D eigenvalue weighted by molar-refractivity contribution is 9.10. The number of aromatic amines is 1. The summed E-state index contributed by atoms with van der Waals surface area (Å²) in [7, 11) is 0. The maximum Gasteiger partial charge on any atom is 0.265 e. The van der Waals surface area contributed by atoms with Gasteiger partial charge in [-0.15, -0.1) is 0 Å². The molecule has 14 heavy (non-hydrogen) atoms. The predicted molar refractivity (Wildman–Crippen MR) is 55.8 cm³/mol. The van der Waals surface area contributed by atoms with Gasteiger partial charge in [0, 0.05) is 18.0 Å². The van der Waals surface area contributed by atoms with Gasteiger partial charge < -0.3 is 4.98 Å². The minimum atomic E-state index is -0.188. The van der Waals surface area contributed by atoms with E-state index in [9.17, 15) is 4.79 Å². The minimum Gasteiger partial charge on any atom is -0.312 e. The van der Waals surface area contributed by atoms with E-state index < -0.39 is 0 Å². The number of rotatable bonds is 1. The van der Waals surface area contributed by atoms with Crippen LogP contribution in [-0.2, 0) is 0 Å². The van der Waals surface area contributed by atoms with Crippen LogP contribution in [-0.4, -0.2) is 15.0 Å². The molecule has 0 radical (unpaired) electrons. The van der Waals surface area contributed by atoms with Crippen molar-refractivity contribution < 1.29 is 0 Å². The van der Waals surface area contributed by atoms with Gasteiger partial charge in [0.2, 0.25) is 0 Å². The molecule has 2 aromatic heterocycles. The zero-order valence-corrected chi connectivity index (χ0v) is 8.65. The third-order valence-corrected chi connectivity index (χ3v) is 2.49. The fourth-order valence-corrected chi connectivity index (χ4v) is 1.54. The van der Waals surface area contributed by atoms with Crippen LogP contribution in [0.1, 0.15) is 0 Å². The lowest BCUT2D eigenvalue weighted by molar-refractivity contribution is 1.10. The van der Waals surface area contributed by atoms with Gasteiger partial charge in [-0.3, -0.25) is 9.78 Å². The quantitative estimate of drug-likeness (QED) is 0.838. The summed E-state index contributed by atoms with van der Waals surface area (Å²) in [5, 5.41) is 0. The van der Waals surface area contributed by atoms with Crippen LogP contribution in [0.2, 0.25) is 0 Å². The van der Waals surface area contributed by atoms with Gasteiger partial charge in [0.15, 0.2) is 0 Å². The highest BCUT2D eigenvalue weighted by Gasteiger charge is 2.06. The molecule has 0 saturated heterocycles. The summed E-state index contributed by atoms with van der Waals surface area (Å²) in [6, 6.07) is 3.60. The van der Waals surface area contributed by atoms with Crippen molar-refractivity contribution in [2.75, 3.05) is 0 Å². The van der Waals surface area contributed by atoms with Gasteiger partial charge in [-0.25, -0.2) is 4.98 Å². The zero-order chi connectivity index (χ0) is 9.97. The molecule has 0 aliphatic carbocycles. The fraction of sp³-hybridized carbons (Fsp3) is 0. The molecule has 70 valence electrons. The number of aromatic nitrogens is 3. The second-order valence-corrected chi connectivity index (χ2v) is 3.42. The number of nitrogens with one attached hydrogen (secondary N) is 1. The van der Waals surface area contributed by atoms with E-state index in [1.165, 1.54) is 6.33 Å². The normalized spacial score (nSPS) is 10.1. The van der Waals surface area contributed by atoms with Gasteiger partial charge in [0.25, 0.3) is 5.56 Å². The first-order valence-corrected chi connectivity index (χ1v) is 4.72. The van der Waals surface area contributed by atoms with Gasteiger partial charge >= 0.3 is 0 Å². The second kappa shape index (κ2) is 3.71. The number of hydrogen-bond donors (Lipinski definition) is 1. The Morgan fingerprint density at radius 3 is 2.71 bits per heavy atom. The van der Waals surface area contributed by atoms with Gasteiger partial charge in [-0.05, 0) is 28.1 Å². The molecule has 1 N–H and O–H groups in total. The summed E-state index contributed by atoms with van der Waals surface area (Å²) < 4.78 is 0.436. The lowest BCUT2D eigenvalue weighted by Crippen LogP contribution is -2.08. The van der Waals surface area contributed by atoms with E-state index >= 15 is 0 Å². The first-order valence-electron chi connectivity index (χ1n) is 3.92. The van der Waals surface area contributed by atoms with Crippen LogP contribution in [0.25, 0.3) is 11.3 Å². The van der Waals surface area contributed by atoms with Crippen molar-refractivity contribution in [2.24, 2.45) is 0 Å². The average molecular weight is 252 g/mol. The Bertz CT molecular complexity index is 495. The summed E-state index contributed by atoms with van der Waals surface area (Å²) in [5.74, 6) is 0. The molecular formula is C9H6BrN3O. The number of nitrogens with zero attached hydrogens (tertiary/aromatic N) is 2. The molecule has 0 bridgehead atoms. The van der Waals surface area contributed by atoms with Crippen LogP contribution < -0.4 is 5.56 Å². The largest absolute Gasteiger partial charge is 0.312 e. The Kier molecular flexibility index (Phi) is 2.41. The van der Waals surface area contributed by atoms with Crippen LogP contribution in [0.15, 0.2) is 40.1 Å². The van der Waals surface area contributed by atoms with E-state index in [1.807, 2.05) is 0 Å². The SMILES string of the molecule is O=c1[nH]cnc(-c2ccncc2)c1Br. The van der Waals surface area contributed by atoms with Crippen molar-refractivity contribution in [1.82, 2.24) is 15.0 Å². The van der Waals surface area contributed by atoms with Gasteiger partial charge in [0.1, 0.15) is 4.47 Å². The maximum atomic E-state index is 11.3. The summed E-state index contributed by atoms with van der Waals surface area (Å²) >= 11 is 3.19. The monoisotopic (exact) mass is 251 g/mol. The van der Waals surface area contributed by atoms with E-state index in [-0.39, 0.29) is 5.56 Å². The molecule has 0 aromatic carbocycles. The van der Waals surface area contributed by atoms with Crippen LogP contribution in [0.5, 0.6) is 0 Å². The lowest BCUT2D eigenvalue weighted by atomic mass is 10.2. The third kappa shape index (κ3) is 1.58. The predicted octanol–water partition coefficient (Wildman–Crippen LogP) is 1.59. The molecule has 0 atom stereocenters. The van der Waals surface area contributed by atoms with Crippen LogP contribution in [0, 0.1) is 0 Å². The van der Waals surface area contributed by atoms with Crippen LogP contribution in [0.3, 0.4) is 0 Å². The molecule has 5 heteroatoms. The molecular weight excluding hydrogens is 246 g/mol. The highest BCUT2D eigenvalue weighted by atomic mass is 79.9. The zero-order valence-electron chi connectivity index (χ0n) is 7.07. The summed E-state index contributed by atoms with van der Waals surface area (Å²) in [6.07, 6.45) is 4.69. The summed E-state index contributed by atoms with van der Waals surface area (Å²) in [5.41, 5.74) is 1.29. The first kappa shape index (κ1) is 9.08. The summed E-state index contributed by atoms with van der Waals surface area (Å²) in [4.78, 5) is 21.7. The number of hydrogen-bond acceptors (Lipinski definition) is 3. The van der Waals surface area contributed by atoms with Crippen molar-refractivity contribution in [3.8, 4) is 11.3 Å². The van der Waals surface area contributed by atoms with E-state index in [4.69, 9.17) is 0 Å². The van der Waals surface area contributed by atoms with Gasteiger partial charge in [-0.1, -0.05) is 0 Å². The smallest absolute Gasteiger partial charge is 0.265 e. The highest BCUT2D eigenvalue weighted by Crippen LogP contribution is 2.20. The Morgan fingerprint density at radius 2 is 2.00 bits per heavy atom. The van der Waals surface area contributed by atoms with Crippen molar-refractivity contribution in [1.29, 1.82) is 0 Å². The molecule has 0 saturated carbocycles. The topological polar surface area (TPSA) is 58.6 Å². The fourth-order valence-electron chi connectivity index (χ4n) is 1.09. The minimum absolute atomic E-state index is 0.188. The third-order valence-electron chi connectivity index (χ3n) is 1.75. The lowest BCUT2D eigenvalue weighted by Gasteiger charge is -2.00. The second-order valence-electron chi connectivity index (χ2n) is 2.63. The van der Waals surface area contributed by atoms with Crippen LogP contribution in [0.4, 0.5) is 0 Å².